The summed E-state index contributed by atoms with van der Waals surface area (Å²) in [4.78, 5) is 5.67. The number of hydrogen-bond donors (Lipinski definition) is 1. The molecule has 0 aliphatic carbocycles. The first kappa shape index (κ1) is 14.5. The first-order valence-corrected chi connectivity index (χ1v) is 7.38. The Bertz CT molecular complexity index is 672. The number of nitrogens with zero attached hydrogens (tertiary/aromatic N) is 2. The Hall–Kier alpha value is -1.86. The number of benzene rings is 1. The lowest BCUT2D eigenvalue weighted by Crippen LogP contribution is -2.14. The molecule has 0 fully saturated rings. The lowest BCUT2D eigenvalue weighted by Gasteiger charge is -2.18. The van der Waals surface area contributed by atoms with Gasteiger partial charge >= 0.3 is 0 Å². The van der Waals surface area contributed by atoms with E-state index in [9.17, 15) is 0 Å². The summed E-state index contributed by atoms with van der Waals surface area (Å²) in [6.07, 6.45) is 0.781. The predicted molar refractivity (Wildman–Crippen MR) is 83.9 cm³/mol. The lowest BCUT2D eigenvalue weighted by molar-refractivity contribution is 0.568. The molecule has 0 radical (unpaired) electrons. The Morgan fingerprint density at radius 3 is 2.65 bits per heavy atom. The van der Waals surface area contributed by atoms with Crippen molar-refractivity contribution in [1.82, 2.24) is 4.98 Å². The summed E-state index contributed by atoms with van der Waals surface area (Å²) in [7, 11) is 0. The Labute approximate surface area is 124 Å². The lowest BCUT2D eigenvalue weighted by atomic mass is 9.89. The molecule has 0 saturated heterocycles. The molecular weight excluding hydrogens is 266 g/mol. The fraction of sp³-hybridized carbons (Fsp3) is 0.375. The van der Waals surface area contributed by atoms with Gasteiger partial charge in [0.05, 0.1) is 17.3 Å². The van der Waals surface area contributed by atoms with Crippen LogP contribution in [0.5, 0.6) is 0 Å². The van der Waals surface area contributed by atoms with Gasteiger partial charge in [-0.2, -0.15) is 5.26 Å². The van der Waals surface area contributed by atoms with Crippen LogP contribution in [0.4, 0.5) is 5.13 Å². The van der Waals surface area contributed by atoms with E-state index in [2.05, 4.69) is 38.7 Å². The molecule has 1 aromatic heterocycles. The molecular formula is C16H19N3S. The summed E-state index contributed by atoms with van der Waals surface area (Å²) >= 11 is 1.54. The molecule has 0 amide bonds. The second-order valence-electron chi connectivity index (χ2n) is 6.00. The minimum atomic E-state index is -0.0236. The SMILES string of the molecule is Cc1ccc(C#N)cc1Cc1sc(N)nc1C(C)(C)C. The summed E-state index contributed by atoms with van der Waals surface area (Å²) < 4.78 is 0. The van der Waals surface area contributed by atoms with Crippen LogP contribution in [0.25, 0.3) is 0 Å². The van der Waals surface area contributed by atoms with Crippen molar-refractivity contribution in [3.05, 3.63) is 45.5 Å². The number of nitrogens with two attached hydrogens (primary N) is 1. The molecule has 20 heavy (non-hydrogen) atoms. The van der Waals surface area contributed by atoms with Crippen LogP contribution in [0.2, 0.25) is 0 Å². The van der Waals surface area contributed by atoms with Gasteiger partial charge in [-0.1, -0.05) is 26.8 Å². The molecule has 0 saturated carbocycles. The van der Waals surface area contributed by atoms with Gasteiger partial charge in [-0.05, 0) is 30.2 Å². The molecule has 0 aliphatic heterocycles. The van der Waals surface area contributed by atoms with E-state index < -0.39 is 0 Å². The van der Waals surface area contributed by atoms with Gasteiger partial charge in [0.25, 0.3) is 0 Å². The first-order chi connectivity index (χ1) is 9.31. The Kier molecular flexibility index (Phi) is 3.82. The van der Waals surface area contributed by atoms with Crippen LogP contribution >= 0.6 is 11.3 Å². The summed E-state index contributed by atoms with van der Waals surface area (Å²) in [6.45, 7) is 8.49. The van der Waals surface area contributed by atoms with Crippen molar-refractivity contribution in [2.24, 2.45) is 0 Å². The molecule has 0 aliphatic rings. The average Bonchev–Trinajstić information content (AvgIpc) is 2.73. The van der Waals surface area contributed by atoms with Gasteiger partial charge < -0.3 is 5.73 Å². The van der Waals surface area contributed by atoms with Gasteiger partial charge in [-0.3, -0.25) is 0 Å². The van der Waals surface area contributed by atoms with Crippen molar-refractivity contribution in [2.75, 3.05) is 5.73 Å². The van der Waals surface area contributed by atoms with E-state index in [1.54, 1.807) is 11.3 Å². The second kappa shape index (κ2) is 5.26. The number of nitriles is 1. The number of aromatic nitrogens is 1. The molecule has 0 unspecified atom stereocenters. The van der Waals surface area contributed by atoms with Gasteiger partial charge in [0, 0.05) is 16.7 Å². The van der Waals surface area contributed by atoms with E-state index in [0.29, 0.717) is 10.7 Å². The number of hydrogen-bond acceptors (Lipinski definition) is 4. The monoisotopic (exact) mass is 285 g/mol. The summed E-state index contributed by atoms with van der Waals surface area (Å²) in [5.74, 6) is 0. The van der Waals surface area contributed by atoms with Crippen LogP contribution in [0, 0.1) is 18.3 Å². The topological polar surface area (TPSA) is 62.7 Å². The summed E-state index contributed by atoms with van der Waals surface area (Å²) in [5, 5.41) is 9.64. The third-order valence-electron chi connectivity index (χ3n) is 3.25. The molecule has 2 rings (SSSR count). The maximum atomic E-state index is 9.03. The van der Waals surface area contributed by atoms with Gasteiger partial charge in [0.15, 0.2) is 5.13 Å². The molecule has 0 spiro atoms. The first-order valence-electron chi connectivity index (χ1n) is 6.56. The van der Waals surface area contributed by atoms with E-state index in [-0.39, 0.29) is 5.41 Å². The van der Waals surface area contributed by atoms with E-state index in [1.165, 1.54) is 16.0 Å². The third-order valence-corrected chi connectivity index (χ3v) is 4.14. The molecule has 4 heteroatoms. The standard InChI is InChI=1S/C16H19N3S/c1-10-5-6-11(9-17)7-12(10)8-13-14(16(2,3)4)19-15(18)20-13/h5-7H,8H2,1-4H3,(H2,18,19). The molecule has 0 atom stereocenters. The highest BCUT2D eigenvalue weighted by Crippen LogP contribution is 2.33. The van der Waals surface area contributed by atoms with E-state index in [1.807, 2.05) is 18.2 Å². The third kappa shape index (κ3) is 3.00. The molecule has 2 N–H and O–H groups in total. The Balaban J connectivity index is 2.43. The van der Waals surface area contributed by atoms with Crippen molar-refractivity contribution < 1.29 is 0 Å². The van der Waals surface area contributed by atoms with Crippen molar-refractivity contribution in [3.8, 4) is 6.07 Å². The summed E-state index contributed by atoms with van der Waals surface area (Å²) in [5.41, 5.74) is 9.96. The average molecular weight is 285 g/mol. The number of thiazole rings is 1. The van der Waals surface area contributed by atoms with Crippen LogP contribution in [0.3, 0.4) is 0 Å². The minimum absolute atomic E-state index is 0.0236. The van der Waals surface area contributed by atoms with Crippen LogP contribution < -0.4 is 5.73 Å². The number of anilines is 1. The van der Waals surface area contributed by atoms with Crippen molar-refractivity contribution in [3.63, 3.8) is 0 Å². The van der Waals surface area contributed by atoms with Crippen LogP contribution in [0.1, 0.15) is 48.0 Å². The number of aryl methyl sites for hydroxylation is 1. The second-order valence-corrected chi connectivity index (χ2v) is 7.12. The van der Waals surface area contributed by atoms with Crippen LogP contribution in [-0.2, 0) is 11.8 Å². The van der Waals surface area contributed by atoms with E-state index in [4.69, 9.17) is 11.0 Å². The molecule has 3 nitrogen and oxygen atoms in total. The van der Waals surface area contributed by atoms with Crippen molar-refractivity contribution in [1.29, 1.82) is 5.26 Å². The Morgan fingerprint density at radius 1 is 1.35 bits per heavy atom. The zero-order chi connectivity index (χ0) is 14.9. The van der Waals surface area contributed by atoms with Crippen LogP contribution in [-0.4, -0.2) is 4.98 Å². The quantitative estimate of drug-likeness (QED) is 0.913. The fourth-order valence-corrected chi connectivity index (χ4v) is 3.25. The van der Waals surface area contributed by atoms with Crippen molar-refractivity contribution >= 4 is 16.5 Å². The summed E-state index contributed by atoms with van der Waals surface area (Å²) in [6, 6.07) is 8.00. The number of rotatable bonds is 2. The largest absolute Gasteiger partial charge is 0.375 e. The molecule has 2 aromatic rings. The van der Waals surface area contributed by atoms with Gasteiger partial charge in [-0.15, -0.1) is 11.3 Å². The van der Waals surface area contributed by atoms with Gasteiger partial charge in [0.2, 0.25) is 0 Å². The van der Waals surface area contributed by atoms with Gasteiger partial charge in [0.1, 0.15) is 0 Å². The molecule has 104 valence electrons. The minimum Gasteiger partial charge on any atom is -0.375 e. The van der Waals surface area contributed by atoms with Gasteiger partial charge in [-0.25, -0.2) is 4.98 Å². The zero-order valence-corrected chi connectivity index (χ0v) is 13.1. The highest BCUT2D eigenvalue weighted by Gasteiger charge is 2.23. The molecule has 1 heterocycles. The van der Waals surface area contributed by atoms with Crippen LogP contribution in [0.15, 0.2) is 18.2 Å². The maximum absolute atomic E-state index is 9.03. The molecule has 0 bridgehead atoms. The normalized spacial score (nSPS) is 11.3. The number of nitrogen functional groups attached to an aromatic ring is 1. The highest BCUT2D eigenvalue weighted by molar-refractivity contribution is 7.15. The fourth-order valence-electron chi connectivity index (χ4n) is 2.18. The van der Waals surface area contributed by atoms with E-state index in [0.717, 1.165) is 12.1 Å². The zero-order valence-electron chi connectivity index (χ0n) is 12.3. The molecule has 1 aromatic carbocycles. The smallest absolute Gasteiger partial charge is 0.180 e. The van der Waals surface area contributed by atoms with E-state index >= 15 is 0 Å². The predicted octanol–water partition coefficient (Wildman–Crippen LogP) is 3.79. The maximum Gasteiger partial charge on any atom is 0.180 e. The highest BCUT2D eigenvalue weighted by atomic mass is 32.1. The van der Waals surface area contributed by atoms with Crippen molar-refractivity contribution in [2.45, 2.75) is 39.5 Å². The Morgan fingerprint density at radius 2 is 2.05 bits per heavy atom.